The summed E-state index contributed by atoms with van der Waals surface area (Å²) in [5.41, 5.74) is 15.6. The Balaban J connectivity index is 1.64. The molecule has 0 spiro atoms. The highest BCUT2D eigenvalue weighted by Crippen LogP contribution is 2.28. The number of aromatic nitrogens is 5. The lowest BCUT2D eigenvalue weighted by Crippen LogP contribution is -2.21. The van der Waals surface area contributed by atoms with Gasteiger partial charge in [-0.15, -0.1) is 0 Å². The number of nitrogens with two attached hydrogens (primary N) is 2. The van der Waals surface area contributed by atoms with Crippen molar-refractivity contribution in [3.05, 3.63) is 66.9 Å². The molecule has 32 heavy (non-hydrogen) atoms. The zero-order valence-corrected chi connectivity index (χ0v) is 17.5. The summed E-state index contributed by atoms with van der Waals surface area (Å²) >= 11 is 0. The molecule has 160 valence electrons. The van der Waals surface area contributed by atoms with Gasteiger partial charge in [0.15, 0.2) is 0 Å². The third-order valence-corrected chi connectivity index (χ3v) is 4.61. The Bertz CT molecular complexity index is 1270. The first kappa shape index (κ1) is 20.7. The van der Waals surface area contributed by atoms with Gasteiger partial charge in [-0.25, -0.2) is 19.9 Å². The molecule has 0 aliphatic rings. The van der Waals surface area contributed by atoms with Crippen LogP contribution < -0.4 is 16.8 Å². The van der Waals surface area contributed by atoms with E-state index in [-0.39, 0.29) is 5.91 Å². The molecule has 5 N–H and O–H groups in total. The van der Waals surface area contributed by atoms with E-state index in [1.165, 1.54) is 17.4 Å². The molecule has 4 aromatic heterocycles. The van der Waals surface area contributed by atoms with Crippen LogP contribution in [0.4, 0.5) is 23.1 Å². The van der Waals surface area contributed by atoms with Crippen molar-refractivity contribution < 1.29 is 4.79 Å². The lowest BCUT2D eigenvalue weighted by molar-refractivity contribution is 0.0827. The number of rotatable bonds is 5. The highest BCUT2D eigenvalue weighted by molar-refractivity contribution is 5.94. The summed E-state index contributed by atoms with van der Waals surface area (Å²) in [6.45, 7) is 0. The summed E-state index contributed by atoms with van der Waals surface area (Å²) in [4.78, 5) is 35.1. The van der Waals surface area contributed by atoms with E-state index < -0.39 is 0 Å². The Morgan fingerprint density at radius 1 is 0.875 bits per heavy atom. The first-order chi connectivity index (χ1) is 15.4. The molecule has 0 bridgehead atoms. The third kappa shape index (κ3) is 4.43. The van der Waals surface area contributed by atoms with E-state index in [1.807, 2.05) is 6.07 Å². The number of carbonyl (C=O) groups is 1. The lowest BCUT2D eigenvalue weighted by atomic mass is 10.1. The summed E-state index contributed by atoms with van der Waals surface area (Å²) in [6, 6.07) is 10.5. The summed E-state index contributed by atoms with van der Waals surface area (Å²) in [6.07, 6.45) is 6.21. The molecule has 0 aliphatic carbocycles. The van der Waals surface area contributed by atoms with E-state index in [9.17, 15) is 4.79 Å². The topological polar surface area (TPSA) is 149 Å². The quantitative estimate of drug-likeness (QED) is 0.437. The van der Waals surface area contributed by atoms with Crippen molar-refractivity contribution in [1.29, 1.82) is 0 Å². The van der Waals surface area contributed by atoms with E-state index in [0.29, 0.717) is 45.7 Å². The van der Waals surface area contributed by atoms with Gasteiger partial charge in [-0.1, -0.05) is 0 Å². The fourth-order valence-corrected chi connectivity index (χ4v) is 2.99. The van der Waals surface area contributed by atoms with Crippen molar-refractivity contribution in [1.82, 2.24) is 29.8 Å². The molecule has 0 saturated carbocycles. The van der Waals surface area contributed by atoms with E-state index >= 15 is 0 Å². The molecule has 4 heterocycles. The van der Waals surface area contributed by atoms with E-state index in [4.69, 9.17) is 11.5 Å². The maximum absolute atomic E-state index is 12.1. The second-order valence-corrected chi connectivity index (χ2v) is 7.18. The van der Waals surface area contributed by atoms with Crippen LogP contribution in [0.15, 0.2) is 61.3 Å². The zero-order valence-electron chi connectivity index (χ0n) is 17.5. The number of pyridine rings is 3. The molecule has 10 heteroatoms. The maximum atomic E-state index is 12.1. The summed E-state index contributed by atoms with van der Waals surface area (Å²) in [5.74, 6) is 1.32. The van der Waals surface area contributed by atoms with Gasteiger partial charge < -0.3 is 21.7 Å². The second kappa shape index (κ2) is 8.64. The first-order valence-electron chi connectivity index (χ1n) is 9.65. The van der Waals surface area contributed by atoms with Crippen LogP contribution in [0.1, 0.15) is 10.4 Å². The highest BCUT2D eigenvalue weighted by atomic mass is 16.2. The summed E-state index contributed by atoms with van der Waals surface area (Å²) in [5, 5.41) is 3.10. The number of hydrogen-bond donors (Lipinski definition) is 3. The minimum absolute atomic E-state index is 0.125. The number of nitrogens with zero attached hydrogens (tertiary/aromatic N) is 6. The van der Waals surface area contributed by atoms with Gasteiger partial charge >= 0.3 is 0 Å². The third-order valence-electron chi connectivity index (χ3n) is 4.61. The van der Waals surface area contributed by atoms with Crippen molar-refractivity contribution in [2.75, 3.05) is 30.9 Å². The van der Waals surface area contributed by atoms with Crippen LogP contribution in [0.3, 0.4) is 0 Å². The van der Waals surface area contributed by atoms with Crippen molar-refractivity contribution in [2.45, 2.75) is 0 Å². The Hall–Kier alpha value is -4.60. The molecule has 0 aromatic carbocycles. The number of anilines is 4. The van der Waals surface area contributed by atoms with E-state index in [1.54, 1.807) is 56.8 Å². The molecule has 1 amide bonds. The molecule has 0 unspecified atom stereocenters. The number of carbonyl (C=O) groups excluding carboxylic acids is 1. The molecular weight excluding hydrogens is 406 g/mol. The highest BCUT2D eigenvalue weighted by Gasteiger charge is 2.13. The van der Waals surface area contributed by atoms with Gasteiger partial charge in [0.25, 0.3) is 5.91 Å². The van der Waals surface area contributed by atoms with Crippen LogP contribution >= 0.6 is 0 Å². The first-order valence-corrected chi connectivity index (χ1v) is 9.65. The smallest absolute Gasteiger partial charge is 0.254 e. The fraction of sp³-hybridized carbons (Fsp3) is 0.0909. The minimum atomic E-state index is -0.125. The SMILES string of the molecule is CN(C)C(=O)c1ccc(-c2cc(-c3cc(Nc4cc(N)ccn4)ncn3)cnc2N)nc1. The average molecular weight is 427 g/mol. The fourth-order valence-electron chi connectivity index (χ4n) is 2.99. The van der Waals surface area contributed by atoms with Crippen molar-refractivity contribution in [3.63, 3.8) is 0 Å². The molecule has 0 saturated heterocycles. The summed E-state index contributed by atoms with van der Waals surface area (Å²) in [7, 11) is 3.38. The van der Waals surface area contributed by atoms with Gasteiger partial charge in [0.1, 0.15) is 23.8 Å². The molecule has 0 fully saturated rings. The Labute approximate surface area is 184 Å². The normalized spacial score (nSPS) is 10.6. The predicted octanol–water partition coefficient (Wildman–Crippen LogP) is 2.61. The lowest BCUT2D eigenvalue weighted by Gasteiger charge is -2.11. The average Bonchev–Trinajstić information content (AvgIpc) is 2.79. The van der Waals surface area contributed by atoms with Crippen LogP contribution in [0.25, 0.3) is 22.5 Å². The molecular formula is C22H21N9O. The standard InChI is InChI=1S/C22H21N9O/c1-31(2)22(32)13-3-4-17(26-10-13)16-7-14(11-27-21(16)24)18-9-20(29-12-28-18)30-19-8-15(23)5-6-25-19/h3-12H,1-2H3,(H2,24,27)(H3,23,25,28,29,30). The molecule has 10 nitrogen and oxygen atoms in total. The van der Waals surface area contributed by atoms with Crippen LogP contribution in [-0.2, 0) is 0 Å². The van der Waals surface area contributed by atoms with Gasteiger partial charge in [-0.05, 0) is 24.3 Å². The van der Waals surface area contributed by atoms with Crippen LogP contribution in [-0.4, -0.2) is 49.8 Å². The van der Waals surface area contributed by atoms with Gasteiger partial charge in [-0.3, -0.25) is 9.78 Å². The Morgan fingerprint density at radius 2 is 1.69 bits per heavy atom. The molecule has 4 rings (SSSR count). The van der Waals surface area contributed by atoms with Gasteiger partial charge in [0, 0.05) is 61.6 Å². The van der Waals surface area contributed by atoms with Crippen molar-refractivity contribution in [3.8, 4) is 22.5 Å². The number of nitrogen functional groups attached to an aromatic ring is 2. The van der Waals surface area contributed by atoms with Gasteiger partial charge in [0.2, 0.25) is 0 Å². The van der Waals surface area contributed by atoms with Crippen molar-refractivity contribution >= 4 is 29.0 Å². The number of nitrogens with one attached hydrogen (secondary N) is 1. The number of amides is 1. The van der Waals surface area contributed by atoms with Crippen LogP contribution in [0, 0.1) is 0 Å². The molecule has 0 aliphatic heterocycles. The van der Waals surface area contributed by atoms with Crippen LogP contribution in [0.2, 0.25) is 0 Å². The van der Waals surface area contributed by atoms with Gasteiger partial charge in [0.05, 0.1) is 17.0 Å². The second-order valence-electron chi connectivity index (χ2n) is 7.18. The molecule has 0 radical (unpaired) electrons. The van der Waals surface area contributed by atoms with Gasteiger partial charge in [-0.2, -0.15) is 0 Å². The summed E-state index contributed by atoms with van der Waals surface area (Å²) < 4.78 is 0. The van der Waals surface area contributed by atoms with Crippen molar-refractivity contribution in [2.24, 2.45) is 0 Å². The monoisotopic (exact) mass is 427 g/mol. The largest absolute Gasteiger partial charge is 0.399 e. The maximum Gasteiger partial charge on any atom is 0.254 e. The van der Waals surface area contributed by atoms with E-state index in [2.05, 4.69) is 30.2 Å². The Morgan fingerprint density at radius 3 is 2.41 bits per heavy atom. The molecule has 0 atom stereocenters. The Kier molecular flexibility index (Phi) is 5.58. The number of hydrogen-bond acceptors (Lipinski definition) is 9. The zero-order chi connectivity index (χ0) is 22.7. The molecule has 4 aromatic rings. The predicted molar refractivity (Wildman–Crippen MR) is 123 cm³/mol. The van der Waals surface area contributed by atoms with E-state index in [0.717, 1.165) is 5.56 Å². The minimum Gasteiger partial charge on any atom is -0.399 e. The van der Waals surface area contributed by atoms with Crippen LogP contribution in [0.5, 0.6) is 0 Å².